The van der Waals surface area contributed by atoms with Crippen molar-refractivity contribution in [1.29, 1.82) is 0 Å². The molecule has 0 bridgehead atoms. The van der Waals surface area contributed by atoms with Gasteiger partial charge in [0.05, 0.1) is 7.11 Å². The van der Waals surface area contributed by atoms with Gasteiger partial charge in [-0.3, -0.25) is 9.80 Å². The SMILES string of the molecule is COc1cc(CN2CCN(CC3CCCCN3C)CC2)ccc1OCc1ccccc1. The second kappa shape index (κ2) is 11.0. The van der Waals surface area contributed by atoms with Crippen molar-refractivity contribution in [2.45, 2.75) is 38.5 Å². The second-order valence-corrected chi connectivity index (χ2v) is 8.97. The highest BCUT2D eigenvalue weighted by Crippen LogP contribution is 2.29. The fourth-order valence-electron chi connectivity index (χ4n) is 4.73. The van der Waals surface area contributed by atoms with Crippen LogP contribution in [0.5, 0.6) is 11.5 Å². The van der Waals surface area contributed by atoms with Gasteiger partial charge in [0.15, 0.2) is 11.5 Å². The molecule has 31 heavy (non-hydrogen) atoms. The van der Waals surface area contributed by atoms with Gasteiger partial charge in [-0.15, -0.1) is 0 Å². The Morgan fingerprint density at radius 2 is 1.61 bits per heavy atom. The Kier molecular flexibility index (Phi) is 7.84. The Labute approximate surface area is 187 Å². The van der Waals surface area contributed by atoms with Crippen LogP contribution in [-0.4, -0.2) is 74.2 Å². The molecule has 1 atom stereocenters. The molecule has 2 aliphatic rings. The topological polar surface area (TPSA) is 28.2 Å². The van der Waals surface area contributed by atoms with Crippen LogP contribution in [0.3, 0.4) is 0 Å². The molecular weight excluding hydrogens is 386 g/mol. The van der Waals surface area contributed by atoms with Crippen LogP contribution >= 0.6 is 0 Å². The Bertz CT molecular complexity index is 806. The van der Waals surface area contributed by atoms with E-state index < -0.39 is 0 Å². The van der Waals surface area contributed by atoms with Crippen molar-refractivity contribution < 1.29 is 9.47 Å². The van der Waals surface area contributed by atoms with Crippen LogP contribution in [0.15, 0.2) is 48.5 Å². The lowest BCUT2D eigenvalue weighted by Gasteiger charge is -2.40. The molecule has 0 radical (unpaired) electrons. The molecular formula is C26H37N3O2. The lowest BCUT2D eigenvalue weighted by Crippen LogP contribution is -2.51. The first-order valence-corrected chi connectivity index (χ1v) is 11.7. The van der Waals surface area contributed by atoms with Crippen molar-refractivity contribution in [2.24, 2.45) is 0 Å². The zero-order chi connectivity index (χ0) is 21.5. The van der Waals surface area contributed by atoms with Gasteiger partial charge in [0.2, 0.25) is 0 Å². The van der Waals surface area contributed by atoms with Crippen molar-refractivity contribution in [1.82, 2.24) is 14.7 Å². The van der Waals surface area contributed by atoms with Gasteiger partial charge in [-0.2, -0.15) is 0 Å². The fraction of sp³-hybridized carbons (Fsp3) is 0.538. The number of piperazine rings is 1. The third-order valence-corrected chi connectivity index (χ3v) is 6.73. The predicted octanol–water partition coefficient (Wildman–Crippen LogP) is 3.88. The van der Waals surface area contributed by atoms with E-state index in [4.69, 9.17) is 9.47 Å². The summed E-state index contributed by atoms with van der Waals surface area (Å²) in [4.78, 5) is 7.77. The first-order valence-electron chi connectivity index (χ1n) is 11.7. The molecule has 2 fully saturated rings. The van der Waals surface area contributed by atoms with Crippen LogP contribution in [0.25, 0.3) is 0 Å². The van der Waals surface area contributed by atoms with E-state index in [1.807, 2.05) is 24.3 Å². The summed E-state index contributed by atoms with van der Waals surface area (Å²) in [7, 11) is 4.01. The summed E-state index contributed by atoms with van der Waals surface area (Å²) in [6.45, 7) is 8.60. The maximum absolute atomic E-state index is 6.00. The maximum Gasteiger partial charge on any atom is 0.161 e. The van der Waals surface area contributed by atoms with Crippen LogP contribution in [0.2, 0.25) is 0 Å². The van der Waals surface area contributed by atoms with Gasteiger partial charge in [0.1, 0.15) is 6.61 Å². The Balaban J connectivity index is 1.26. The van der Waals surface area contributed by atoms with Gasteiger partial charge < -0.3 is 14.4 Å². The first kappa shape index (κ1) is 22.1. The van der Waals surface area contributed by atoms with Crippen molar-refractivity contribution in [3.8, 4) is 11.5 Å². The predicted molar refractivity (Wildman–Crippen MR) is 126 cm³/mol. The average molecular weight is 424 g/mol. The quantitative estimate of drug-likeness (QED) is 0.643. The van der Waals surface area contributed by atoms with Crippen LogP contribution < -0.4 is 9.47 Å². The van der Waals surface area contributed by atoms with Crippen LogP contribution in [-0.2, 0) is 13.2 Å². The molecule has 2 saturated heterocycles. The van der Waals surface area contributed by atoms with E-state index in [1.54, 1.807) is 7.11 Å². The minimum absolute atomic E-state index is 0.550. The van der Waals surface area contributed by atoms with Crippen molar-refractivity contribution in [3.05, 3.63) is 59.7 Å². The van der Waals surface area contributed by atoms with Crippen LogP contribution in [0.1, 0.15) is 30.4 Å². The molecule has 5 nitrogen and oxygen atoms in total. The number of rotatable bonds is 8. The molecule has 4 rings (SSSR count). The van der Waals surface area contributed by atoms with Gasteiger partial charge in [0.25, 0.3) is 0 Å². The molecule has 0 aromatic heterocycles. The highest BCUT2D eigenvalue weighted by atomic mass is 16.5. The molecule has 0 N–H and O–H groups in total. The van der Waals surface area contributed by atoms with Crippen LogP contribution in [0, 0.1) is 0 Å². The smallest absolute Gasteiger partial charge is 0.161 e. The molecule has 2 aromatic rings. The van der Waals surface area contributed by atoms with Crippen LogP contribution in [0.4, 0.5) is 0 Å². The molecule has 0 amide bonds. The summed E-state index contributed by atoms with van der Waals surface area (Å²) >= 11 is 0. The number of benzene rings is 2. The molecule has 0 spiro atoms. The average Bonchev–Trinajstić information content (AvgIpc) is 2.81. The Hall–Kier alpha value is -2.08. The Morgan fingerprint density at radius 3 is 2.35 bits per heavy atom. The molecule has 0 saturated carbocycles. The van der Waals surface area contributed by atoms with E-state index in [2.05, 4.69) is 46.0 Å². The van der Waals surface area contributed by atoms with Gasteiger partial charge in [0, 0.05) is 45.3 Å². The molecule has 168 valence electrons. The standard InChI is InChI=1S/C26H37N3O2/c1-27-13-7-6-10-24(27)20-29-16-14-28(15-17-29)19-23-11-12-25(26(18-23)30-2)31-21-22-8-4-3-5-9-22/h3-5,8-9,11-12,18,24H,6-7,10,13-17,19-21H2,1-2H3. The lowest BCUT2D eigenvalue weighted by molar-refractivity contribution is 0.0817. The first-order chi connectivity index (χ1) is 15.2. The summed E-state index contributed by atoms with van der Waals surface area (Å²) in [5, 5.41) is 0. The minimum atomic E-state index is 0.550. The number of nitrogens with zero attached hydrogens (tertiary/aromatic N) is 3. The van der Waals surface area contributed by atoms with E-state index in [0.717, 1.165) is 42.7 Å². The lowest BCUT2D eigenvalue weighted by atomic mass is 10.0. The third kappa shape index (κ3) is 6.22. The number of likely N-dealkylation sites (N-methyl/N-ethyl adjacent to an activating group) is 1. The normalized spacial score (nSPS) is 21.2. The van der Waals surface area contributed by atoms with Gasteiger partial charge in [-0.25, -0.2) is 0 Å². The Morgan fingerprint density at radius 1 is 0.839 bits per heavy atom. The number of likely N-dealkylation sites (tertiary alicyclic amines) is 1. The highest BCUT2D eigenvalue weighted by Gasteiger charge is 2.24. The molecule has 0 aliphatic carbocycles. The van der Waals surface area contributed by atoms with Crippen molar-refractivity contribution in [3.63, 3.8) is 0 Å². The van der Waals surface area contributed by atoms with Gasteiger partial charge >= 0.3 is 0 Å². The number of methoxy groups -OCH3 is 1. The zero-order valence-corrected chi connectivity index (χ0v) is 19.1. The summed E-state index contributed by atoms with van der Waals surface area (Å²) in [6, 6.07) is 17.3. The van der Waals surface area contributed by atoms with E-state index in [0.29, 0.717) is 6.61 Å². The fourth-order valence-corrected chi connectivity index (χ4v) is 4.73. The summed E-state index contributed by atoms with van der Waals surface area (Å²) in [5.74, 6) is 1.61. The monoisotopic (exact) mass is 423 g/mol. The molecule has 5 heteroatoms. The molecule has 1 unspecified atom stereocenters. The highest BCUT2D eigenvalue weighted by molar-refractivity contribution is 5.43. The van der Waals surface area contributed by atoms with Gasteiger partial charge in [-0.05, 0) is 49.7 Å². The largest absolute Gasteiger partial charge is 0.493 e. The minimum Gasteiger partial charge on any atom is -0.493 e. The molecule has 2 aromatic carbocycles. The zero-order valence-electron chi connectivity index (χ0n) is 19.1. The van der Waals surface area contributed by atoms with E-state index in [-0.39, 0.29) is 0 Å². The maximum atomic E-state index is 6.00. The van der Waals surface area contributed by atoms with Crippen molar-refractivity contribution in [2.75, 3.05) is 53.4 Å². The second-order valence-electron chi connectivity index (χ2n) is 8.97. The van der Waals surface area contributed by atoms with E-state index in [1.165, 1.54) is 51.0 Å². The third-order valence-electron chi connectivity index (χ3n) is 6.73. The summed E-state index contributed by atoms with van der Waals surface area (Å²) in [6.07, 6.45) is 4.11. The molecule has 2 heterocycles. The summed E-state index contributed by atoms with van der Waals surface area (Å²) < 4.78 is 11.6. The van der Waals surface area contributed by atoms with E-state index >= 15 is 0 Å². The van der Waals surface area contributed by atoms with Gasteiger partial charge in [-0.1, -0.05) is 42.8 Å². The van der Waals surface area contributed by atoms with Crippen molar-refractivity contribution >= 4 is 0 Å². The number of piperidine rings is 1. The number of hydrogen-bond acceptors (Lipinski definition) is 5. The number of hydrogen-bond donors (Lipinski definition) is 0. The summed E-state index contributed by atoms with van der Waals surface area (Å²) in [5.41, 5.74) is 2.44. The van der Waals surface area contributed by atoms with E-state index in [9.17, 15) is 0 Å². The number of ether oxygens (including phenoxy) is 2. The molecule has 2 aliphatic heterocycles.